The number of esters is 1. The van der Waals surface area contributed by atoms with Crippen LogP contribution in [0.3, 0.4) is 0 Å². The van der Waals surface area contributed by atoms with Gasteiger partial charge in [0.1, 0.15) is 0 Å². The maximum absolute atomic E-state index is 12.2. The Bertz CT molecular complexity index is 583. The number of halogens is 3. The van der Waals surface area contributed by atoms with E-state index in [0.29, 0.717) is 11.3 Å². The summed E-state index contributed by atoms with van der Waals surface area (Å²) in [6, 6.07) is 0. The quantitative estimate of drug-likeness (QED) is 0.580. The molecule has 1 aromatic rings. The first-order chi connectivity index (χ1) is 9.10. The second-order valence-corrected chi connectivity index (χ2v) is 6.53. The number of carbonyl (C=O) groups is 1. The smallest absolute Gasteiger partial charge is 0.401 e. The second kappa shape index (κ2) is 6.55. The molecule has 0 saturated heterocycles. The molecule has 1 rings (SSSR count). The van der Waals surface area contributed by atoms with Crippen LogP contribution in [-0.4, -0.2) is 27.1 Å². The third-order valence-electron chi connectivity index (χ3n) is 1.64. The standard InChI is InChI=1S/C9H9ClF2O6S2/c1-4(2)16-8(13)7-6(18-20(10,14)15)5(3-19-7)17-9(11)12/h3-4,9H,1-2H3. The molecule has 114 valence electrons. The Morgan fingerprint density at radius 3 is 2.45 bits per heavy atom. The predicted molar refractivity (Wildman–Crippen MR) is 66.9 cm³/mol. The van der Waals surface area contributed by atoms with Crippen molar-refractivity contribution in [2.45, 2.75) is 26.6 Å². The molecule has 0 radical (unpaired) electrons. The summed E-state index contributed by atoms with van der Waals surface area (Å²) in [6.07, 6.45) is -0.496. The van der Waals surface area contributed by atoms with Crippen molar-refractivity contribution in [1.82, 2.24) is 0 Å². The Labute approximate surface area is 121 Å². The Morgan fingerprint density at radius 1 is 1.40 bits per heavy atom. The van der Waals surface area contributed by atoms with E-state index in [1.807, 2.05) is 0 Å². The average Bonchev–Trinajstić information content (AvgIpc) is 2.57. The Kier molecular flexibility index (Phi) is 5.54. The predicted octanol–water partition coefficient (Wildman–Crippen LogP) is 2.78. The first-order valence-electron chi connectivity index (χ1n) is 5.01. The van der Waals surface area contributed by atoms with Gasteiger partial charge in [0.15, 0.2) is 10.6 Å². The summed E-state index contributed by atoms with van der Waals surface area (Å²) in [5.74, 6) is -2.29. The van der Waals surface area contributed by atoms with Crippen LogP contribution in [0.2, 0.25) is 0 Å². The molecule has 1 aromatic heterocycles. The molecule has 0 bridgehead atoms. The maximum Gasteiger partial charge on any atom is 0.401 e. The zero-order valence-corrected chi connectivity index (χ0v) is 12.5. The van der Waals surface area contributed by atoms with E-state index < -0.39 is 39.5 Å². The van der Waals surface area contributed by atoms with Gasteiger partial charge in [-0.25, -0.2) is 4.79 Å². The van der Waals surface area contributed by atoms with E-state index in [-0.39, 0.29) is 4.88 Å². The molecule has 0 aromatic carbocycles. The SMILES string of the molecule is CC(C)OC(=O)c1scc(OC(F)F)c1OS(=O)(=O)Cl. The average molecular weight is 351 g/mol. The summed E-state index contributed by atoms with van der Waals surface area (Å²) in [5, 5.41) is 0.987. The molecule has 0 amide bonds. The third-order valence-corrected chi connectivity index (χ3v) is 3.12. The van der Waals surface area contributed by atoms with Gasteiger partial charge in [0.25, 0.3) is 0 Å². The number of rotatable bonds is 6. The molecule has 6 nitrogen and oxygen atoms in total. The van der Waals surface area contributed by atoms with E-state index in [1.54, 1.807) is 13.8 Å². The summed E-state index contributed by atoms with van der Waals surface area (Å²) < 4.78 is 59.3. The highest BCUT2D eigenvalue weighted by atomic mass is 35.7. The van der Waals surface area contributed by atoms with Crippen LogP contribution in [0, 0.1) is 0 Å². The van der Waals surface area contributed by atoms with Gasteiger partial charge in [0, 0.05) is 5.38 Å². The number of hydrogen-bond donors (Lipinski definition) is 0. The minimum atomic E-state index is -4.54. The van der Waals surface area contributed by atoms with Gasteiger partial charge in [-0.15, -0.1) is 11.3 Å². The van der Waals surface area contributed by atoms with Gasteiger partial charge in [0.2, 0.25) is 5.75 Å². The normalized spacial score (nSPS) is 11.8. The van der Waals surface area contributed by atoms with Crippen molar-refractivity contribution in [3.8, 4) is 11.5 Å². The lowest BCUT2D eigenvalue weighted by atomic mass is 10.4. The fourth-order valence-electron chi connectivity index (χ4n) is 1.10. The summed E-state index contributed by atoms with van der Waals surface area (Å²) >= 11 is 0.628. The van der Waals surface area contributed by atoms with E-state index in [2.05, 4.69) is 8.92 Å². The lowest BCUT2D eigenvalue weighted by Crippen LogP contribution is -2.13. The Hall–Kier alpha value is -1.13. The molecule has 11 heteroatoms. The molecule has 0 spiro atoms. The molecule has 0 fully saturated rings. The van der Waals surface area contributed by atoms with Crippen molar-refractivity contribution in [3.05, 3.63) is 10.3 Å². The highest BCUT2D eigenvalue weighted by Crippen LogP contribution is 2.40. The monoisotopic (exact) mass is 350 g/mol. The van der Waals surface area contributed by atoms with Crippen LogP contribution in [0.25, 0.3) is 0 Å². The lowest BCUT2D eigenvalue weighted by Gasteiger charge is -2.09. The molecular formula is C9H9ClF2O6S2. The molecule has 1 heterocycles. The molecule has 0 N–H and O–H groups in total. The first kappa shape index (κ1) is 16.9. The fraction of sp³-hybridized carbons (Fsp3) is 0.444. The zero-order chi connectivity index (χ0) is 15.5. The topological polar surface area (TPSA) is 78.9 Å². The Morgan fingerprint density at radius 2 is 2.00 bits per heavy atom. The summed E-state index contributed by atoms with van der Waals surface area (Å²) in [4.78, 5) is 11.3. The van der Waals surface area contributed by atoms with Crippen LogP contribution in [-0.2, 0) is 14.1 Å². The van der Waals surface area contributed by atoms with Crippen molar-refractivity contribution in [2.75, 3.05) is 0 Å². The summed E-state index contributed by atoms with van der Waals surface area (Å²) in [6.45, 7) is -0.110. The van der Waals surface area contributed by atoms with Crippen molar-refractivity contribution in [1.29, 1.82) is 0 Å². The minimum Gasteiger partial charge on any atom is -0.459 e. The van der Waals surface area contributed by atoms with Gasteiger partial charge in [0.05, 0.1) is 16.8 Å². The molecule has 0 saturated carbocycles. The highest BCUT2D eigenvalue weighted by Gasteiger charge is 2.27. The van der Waals surface area contributed by atoms with E-state index in [4.69, 9.17) is 15.4 Å². The molecule has 0 atom stereocenters. The molecule has 0 aliphatic rings. The van der Waals surface area contributed by atoms with Crippen molar-refractivity contribution >= 4 is 37.3 Å². The van der Waals surface area contributed by atoms with Crippen molar-refractivity contribution in [3.63, 3.8) is 0 Å². The number of thiophene rings is 1. The van der Waals surface area contributed by atoms with Crippen LogP contribution in [0.15, 0.2) is 5.38 Å². The molecule has 0 aliphatic carbocycles. The van der Waals surface area contributed by atoms with Crippen LogP contribution < -0.4 is 8.92 Å². The molecular weight excluding hydrogens is 342 g/mol. The van der Waals surface area contributed by atoms with Crippen LogP contribution in [0.4, 0.5) is 8.78 Å². The first-order valence-corrected chi connectivity index (χ1v) is 8.13. The second-order valence-electron chi connectivity index (χ2n) is 3.57. The fourth-order valence-corrected chi connectivity index (χ4v) is 2.48. The largest absolute Gasteiger partial charge is 0.459 e. The van der Waals surface area contributed by atoms with Crippen LogP contribution in [0.5, 0.6) is 11.5 Å². The highest BCUT2D eigenvalue weighted by molar-refractivity contribution is 8.10. The van der Waals surface area contributed by atoms with E-state index in [1.165, 1.54) is 0 Å². The molecule has 0 aliphatic heterocycles. The minimum absolute atomic E-state index is 0.349. The van der Waals surface area contributed by atoms with Gasteiger partial charge in [-0.3, -0.25) is 0 Å². The van der Waals surface area contributed by atoms with Gasteiger partial charge in [-0.1, -0.05) is 0 Å². The van der Waals surface area contributed by atoms with Crippen molar-refractivity contribution in [2.24, 2.45) is 0 Å². The van der Waals surface area contributed by atoms with E-state index >= 15 is 0 Å². The van der Waals surface area contributed by atoms with Crippen LogP contribution >= 0.6 is 22.0 Å². The van der Waals surface area contributed by atoms with Gasteiger partial charge in [-0.05, 0) is 13.8 Å². The van der Waals surface area contributed by atoms with Crippen molar-refractivity contribution < 1.29 is 35.6 Å². The lowest BCUT2D eigenvalue weighted by molar-refractivity contribution is -0.0505. The number of carbonyl (C=O) groups excluding carboxylic acids is 1. The van der Waals surface area contributed by atoms with E-state index in [0.717, 1.165) is 5.38 Å². The summed E-state index contributed by atoms with van der Waals surface area (Å²) in [5.41, 5.74) is 0. The number of alkyl halides is 2. The van der Waals surface area contributed by atoms with E-state index in [9.17, 15) is 22.0 Å². The maximum atomic E-state index is 12.2. The van der Waals surface area contributed by atoms with Gasteiger partial charge in [-0.2, -0.15) is 17.2 Å². The third kappa shape index (κ3) is 5.10. The molecule has 0 unspecified atom stereocenters. The van der Waals surface area contributed by atoms with Gasteiger partial charge >= 0.3 is 21.9 Å². The molecule has 20 heavy (non-hydrogen) atoms. The summed E-state index contributed by atoms with van der Waals surface area (Å²) in [7, 11) is 0.331. The van der Waals surface area contributed by atoms with Crippen LogP contribution in [0.1, 0.15) is 23.5 Å². The van der Waals surface area contributed by atoms with Gasteiger partial charge < -0.3 is 13.7 Å². The Balaban J connectivity index is 3.17. The zero-order valence-electron chi connectivity index (χ0n) is 10.1. The number of ether oxygens (including phenoxy) is 2. The number of hydrogen-bond acceptors (Lipinski definition) is 7.